The summed E-state index contributed by atoms with van der Waals surface area (Å²) in [6.07, 6.45) is 1.92. The number of aliphatic hydroxyl groups is 1. The Morgan fingerprint density at radius 1 is 1.29 bits per heavy atom. The summed E-state index contributed by atoms with van der Waals surface area (Å²) in [6.45, 7) is 1.86. The smallest absolute Gasteiger partial charge is 0.126 e. The lowest BCUT2D eigenvalue weighted by molar-refractivity contribution is -0.0338. The van der Waals surface area contributed by atoms with E-state index >= 15 is 0 Å². The van der Waals surface area contributed by atoms with Crippen molar-refractivity contribution in [1.82, 2.24) is 5.32 Å². The summed E-state index contributed by atoms with van der Waals surface area (Å²) in [4.78, 5) is 0. The third-order valence-corrected chi connectivity index (χ3v) is 3.76. The van der Waals surface area contributed by atoms with E-state index in [0.29, 0.717) is 17.7 Å². The Labute approximate surface area is 100 Å². The minimum atomic E-state index is -0.538. The van der Waals surface area contributed by atoms with Crippen molar-refractivity contribution in [1.29, 1.82) is 0 Å². The van der Waals surface area contributed by atoms with Crippen molar-refractivity contribution in [3.05, 3.63) is 23.8 Å². The van der Waals surface area contributed by atoms with Gasteiger partial charge >= 0.3 is 0 Å². The number of phenols is 1. The number of piperidine rings is 1. The molecule has 0 radical (unpaired) electrons. The van der Waals surface area contributed by atoms with E-state index in [2.05, 4.69) is 5.32 Å². The second-order valence-electron chi connectivity index (χ2n) is 4.98. The molecule has 0 saturated carbocycles. The van der Waals surface area contributed by atoms with Crippen molar-refractivity contribution in [2.75, 3.05) is 13.1 Å². The first-order chi connectivity index (χ1) is 8.19. The summed E-state index contributed by atoms with van der Waals surface area (Å²) in [5, 5.41) is 22.9. The number of benzene rings is 1. The fourth-order valence-electron chi connectivity index (χ4n) is 2.82. The maximum absolute atomic E-state index is 10.2. The highest BCUT2D eigenvalue weighted by Gasteiger charge is 2.41. The lowest BCUT2D eigenvalue weighted by atomic mass is 9.82. The van der Waals surface area contributed by atoms with E-state index in [1.54, 1.807) is 18.2 Å². The maximum Gasteiger partial charge on any atom is 0.126 e. The first kappa shape index (κ1) is 10.9. The Kier molecular flexibility index (Phi) is 2.49. The van der Waals surface area contributed by atoms with Gasteiger partial charge in [0.15, 0.2) is 0 Å². The van der Waals surface area contributed by atoms with Crippen molar-refractivity contribution in [3.63, 3.8) is 0 Å². The summed E-state index contributed by atoms with van der Waals surface area (Å²) in [7, 11) is 0. The van der Waals surface area contributed by atoms with Crippen LogP contribution in [0.2, 0.25) is 0 Å². The molecule has 4 nitrogen and oxygen atoms in total. The zero-order valence-corrected chi connectivity index (χ0v) is 9.65. The van der Waals surface area contributed by atoms with Gasteiger partial charge in [0.25, 0.3) is 0 Å². The Morgan fingerprint density at radius 2 is 2.06 bits per heavy atom. The molecule has 2 aliphatic rings. The van der Waals surface area contributed by atoms with Gasteiger partial charge in [0.2, 0.25) is 0 Å². The molecule has 1 aromatic rings. The standard InChI is InChI=1S/C13H17NO3/c15-9-1-2-12-10(7-9)11(16)8-13(17-12)3-5-14-6-4-13/h1-2,7,11,14-16H,3-6,8H2. The van der Waals surface area contributed by atoms with Crippen molar-refractivity contribution >= 4 is 0 Å². The van der Waals surface area contributed by atoms with Gasteiger partial charge in [-0.2, -0.15) is 0 Å². The fraction of sp³-hybridized carbons (Fsp3) is 0.538. The van der Waals surface area contributed by atoms with Crippen LogP contribution in [0.4, 0.5) is 0 Å². The van der Waals surface area contributed by atoms with Gasteiger partial charge in [0.05, 0.1) is 6.10 Å². The third kappa shape index (κ3) is 1.87. The van der Waals surface area contributed by atoms with Crippen LogP contribution in [0.3, 0.4) is 0 Å². The van der Waals surface area contributed by atoms with E-state index in [1.165, 1.54) is 0 Å². The van der Waals surface area contributed by atoms with E-state index in [1.807, 2.05) is 0 Å². The first-order valence-corrected chi connectivity index (χ1v) is 6.09. The van der Waals surface area contributed by atoms with Crippen LogP contribution in [-0.4, -0.2) is 28.9 Å². The predicted octanol–water partition coefficient (Wildman–Crippen LogP) is 1.33. The molecule has 4 heteroatoms. The normalized spacial score (nSPS) is 26.3. The van der Waals surface area contributed by atoms with E-state index in [4.69, 9.17) is 4.74 Å². The number of hydrogen-bond donors (Lipinski definition) is 3. The quantitative estimate of drug-likeness (QED) is 0.635. The van der Waals surface area contributed by atoms with Gasteiger partial charge in [-0.15, -0.1) is 0 Å². The number of nitrogens with one attached hydrogen (secondary N) is 1. The maximum atomic E-state index is 10.2. The summed E-state index contributed by atoms with van der Waals surface area (Å²) < 4.78 is 6.07. The Hall–Kier alpha value is -1.26. The highest BCUT2D eigenvalue weighted by atomic mass is 16.5. The molecule has 1 saturated heterocycles. The van der Waals surface area contributed by atoms with Crippen LogP contribution in [0.15, 0.2) is 18.2 Å². The molecule has 1 unspecified atom stereocenters. The highest BCUT2D eigenvalue weighted by Crippen LogP contribution is 2.44. The second kappa shape index (κ2) is 3.89. The number of aromatic hydroxyl groups is 1. The molecule has 17 heavy (non-hydrogen) atoms. The average Bonchev–Trinajstić information content (AvgIpc) is 2.31. The van der Waals surface area contributed by atoms with Gasteiger partial charge in [-0.25, -0.2) is 0 Å². The van der Waals surface area contributed by atoms with Gasteiger partial charge in [-0.1, -0.05) is 0 Å². The Bertz CT molecular complexity index is 427. The lowest BCUT2D eigenvalue weighted by Crippen LogP contribution is -2.49. The summed E-state index contributed by atoms with van der Waals surface area (Å²) in [5.74, 6) is 0.885. The summed E-state index contributed by atoms with van der Waals surface area (Å²) in [5.41, 5.74) is 0.475. The molecule has 1 spiro atoms. The number of phenolic OH excluding ortho intramolecular Hbond substituents is 1. The van der Waals surface area contributed by atoms with Gasteiger partial charge in [0, 0.05) is 12.0 Å². The minimum Gasteiger partial charge on any atom is -0.508 e. The van der Waals surface area contributed by atoms with E-state index in [9.17, 15) is 10.2 Å². The van der Waals surface area contributed by atoms with Gasteiger partial charge in [-0.3, -0.25) is 0 Å². The van der Waals surface area contributed by atoms with Crippen molar-refractivity contribution in [2.45, 2.75) is 31.0 Å². The zero-order valence-electron chi connectivity index (χ0n) is 9.65. The fourth-order valence-corrected chi connectivity index (χ4v) is 2.82. The van der Waals surface area contributed by atoms with Crippen molar-refractivity contribution in [2.24, 2.45) is 0 Å². The number of aliphatic hydroxyl groups excluding tert-OH is 1. The third-order valence-electron chi connectivity index (χ3n) is 3.76. The van der Waals surface area contributed by atoms with Crippen LogP contribution in [0.25, 0.3) is 0 Å². The summed E-state index contributed by atoms with van der Waals surface area (Å²) in [6, 6.07) is 4.94. The monoisotopic (exact) mass is 235 g/mol. The Morgan fingerprint density at radius 3 is 2.82 bits per heavy atom. The van der Waals surface area contributed by atoms with Crippen molar-refractivity contribution < 1.29 is 14.9 Å². The topological polar surface area (TPSA) is 61.7 Å². The van der Waals surface area contributed by atoms with Crippen LogP contribution < -0.4 is 10.1 Å². The van der Waals surface area contributed by atoms with Crippen molar-refractivity contribution in [3.8, 4) is 11.5 Å². The highest BCUT2D eigenvalue weighted by molar-refractivity contribution is 5.43. The minimum absolute atomic E-state index is 0.174. The van der Waals surface area contributed by atoms with E-state index in [0.717, 1.165) is 25.9 Å². The molecular formula is C13H17NO3. The van der Waals surface area contributed by atoms with E-state index < -0.39 is 6.10 Å². The molecule has 1 atom stereocenters. The molecule has 0 amide bonds. The van der Waals surface area contributed by atoms with Gasteiger partial charge in [-0.05, 0) is 44.1 Å². The number of ether oxygens (including phenoxy) is 1. The molecular weight excluding hydrogens is 218 g/mol. The number of rotatable bonds is 0. The number of fused-ring (bicyclic) bond motifs is 1. The van der Waals surface area contributed by atoms with Crippen LogP contribution in [-0.2, 0) is 0 Å². The van der Waals surface area contributed by atoms with Crippen LogP contribution in [0.5, 0.6) is 11.5 Å². The lowest BCUT2D eigenvalue weighted by Gasteiger charge is -2.43. The molecule has 3 N–H and O–H groups in total. The summed E-state index contributed by atoms with van der Waals surface area (Å²) >= 11 is 0. The predicted molar refractivity (Wildman–Crippen MR) is 63.1 cm³/mol. The Balaban J connectivity index is 1.94. The SMILES string of the molecule is Oc1ccc2c(c1)C(O)CC1(CCNCC1)O2. The molecule has 3 rings (SSSR count). The van der Waals surface area contributed by atoms with Gasteiger partial charge < -0.3 is 20.3 Å². The molecule has 0 bridgehead atoms. The molecule has 2 heterocycles. The van der Waals surface area contributed by atoms with E-state index in [-0.39, 0.29) is 11.4 Å². The second-order valence-corrected chi connectivity index (χ2v) is 4.98. The number of hydrogen-bond acceptors (Lipinski definition) is 4. The molecule has 0 aliphatic carbocycles. The zero-order chi connectivity index (χ0) is 11.9. The van der Waals surface area contributed by atoms with Crippen LogP contribution >= 0.6 is 0 Å². The average molecular weight is 235 g/mol. The largest absolute Gasteiger partial charge is 0.508 e. The molecule has 1 aromatic carbocycles. The molecule has 2 aliphatic heterocycles. The molecule has 0 aromatic heterocycles. The van der Waals surface area contributed by atoms with Gasteiger partial charge in [0.1, 0.15) is 17.1 Å². The first-order valence-electron chi connectivity index (χ1n) is 6.09. The molecule has 1 fully saturated rings. The van der Waals surface area contributed by atoms with Crippen LogP contribution in [0, 0.1) is 0 Å². The molecule has 92 valence electrons. The van der Waals surface area contributed by atoms with Crippen LogP contribution in [0.1, 0.15) is 30.9 Å².